The third-order valence-electron chi connectivity index (χ3n) is 2.50. The smallest absolute Gasteiger partial charge is 0.257 e. The number of carbonyl (C=O) groups excluding carboxylic acids is 1. The number of nitrogen functional groups attached to an aromatic ring is 1. The minimum Gasteiger partial charge on any atom is -0.399 e. The molecule has 0 aliphatic carbocycles. The lowest BCUT2D eigenvalue weighted by Gasteiger charge is -2.09. The van der Waals surface area contributed by atoms with E-state index in [9.17, 15) is 4.79 Å². The maximum atomic E-state index is 11.9. The fraction of sp³-hybridized carbons (Fsp3) is 0. The van der Waals surface area contributed by atoms with E-state index in [1.54, 1.807) is 48.5 Å². The van der Waals surface area contributed by atoms with E-state index >= 15 is 0 Å². The van der Waals surface area contributed by atoms with E-state index in [0.717, 1.165) is 5.69 Å². The minimum atomic E-state index is -0.297. The van der Waals surface area contributed by atoms with Crippen molar-refractivity contribution in [2.75, 3.05) is 11.1 Å². The zero-order valence-electron chi connectivity index (χ0n) is 10.8. The van der Waals surface area contributed by atoms with Crippen LogP contribution in [0.15, 0.2) is 48.5 Å². The van der Waals surface area contributed by atoms with Crippen molar-refractivity contribution in [1.82, 2.24) is 5.32 Å². The van der Waals surface area contributed by atoms with Gasteiger partial charge in [-0.25, -0.2) is 0 Å². The van der Waals surface area contributed by atoms with E-state index in [1.807, 2.05) is 0 Å². The summed E-state index contributed by atoms with van der Waals surface area (Å²) in [6, 6.07) is 13.6. The molecule has 0 fully saturated rings. The number of carbonyl (C=O) groups is 1. The summed E-state index contributed by atoms with van der Waals surface area (Å²) in [4.78, 5) is 11.9. The molecule has 0 saturated carbocycles. The molecule has 2 aromatic carbocycles. The molecule has 21 heavy (non-hydrogen) atoms. The largest absolute Gasteiger partial charge is 0.399 e. The van der Waals surface area contributed by atoms with Gasteiger partial charge >= 0.3 is 0 Å². The molecule has 0 saturated heterocycles. The summed E-state index contributed by atoms with van der Waals surface area (Å²) in [7, 11) is 0. The van der Waals surface area contributed by atoms with Crippen molar-refractivity contribution in [2.45, 2.75) is 0 Å². The monoisotopic (exact) mass is 341 g/mol. The number of amides is 1. The molecule has 0 radical (unpaired) electrons. The summed E-state index contributed by atoms with van der Waals surface area (Å²) in [5, 5.41) is 6.28. The van der Waals surface area contributed by atoms with Gasteiger partial charge in [0, 0.05) is 22.0 Å². The molecule has 2 aromatic rings. The van der Waals surface area contributed by atoms with Crippen molar-refractivity contribution in [3.63, 3.8) is 0 Å². The van der Waals surface area contributed by atoms with Crippen LogP contribution in [-0.2, 0) is 0 Å². The number of hydrogen-bond acceptors (Lipinski definition) is 3. The molecule has 0 atom stereocenters. The molecular weight excluding hydrogens is 329 g/mol. The molecule has 0 aliphatic heterocycles. The van der Waals surface area contributed by atoms with E-state index in [2.05, 4.69) is 10.6 Å². The lowest BCUT2D eigenvalue weighted by molar-refractivity contribution is 0.0978. The first-order valence-corrected chi connectivity index (χ1v) is 6.56. The third-order valence-corrected chi connectivity index (χ3v) is 2.96. The van der Waals surface area contributed by atoms with Gasteiger partial charge in [-0.3, -0.25) is 10.1 Å². The molecule has 0 bridgehead atoms. The zero-order valence-corrected chi connectivity index (χ0v) is 13.2. The first kappa shape index (κ1) is 17.2. The van der Waals surface area contributed by atoms with Gasteiger partial charge < -0.3 is 11.1 Å². The fourth-order valence-corrected chi connectivity index (χ4v) is 1.84. The number of anilines is 2. The summed E-state index contributed by atoms with van der Waals surface area (Å²) < 4.78 is 0. The number of rotatable bonds is 2. The third kappa shape index (κ3) is 5.23. The zero-order chi connectivity index (χ0) is 14.5. The summed E-state index contributed by atoms with van der Waals surface area (Å²) in [5.74, 6) is -0.297. The maximum Gasteiger partial charge on any atom is 0.257 e. The molecule has 4 N–H and O–H groups in total. The highest BCUT2D eigenvalue weighted by Gasteiger charge is 2.07. The molecule has 7 heteroatoms. The molecule has 0 spiro atoms. The van der Waals surface area contributed by atoms with Crippen molar-refractivity contribution in [2.24, 2.45) is 0 Å². The van der Waals surface area contributed by atoms with Crippen molar-refractivity contribution in [3.05, 3.63) is 59.1 Å². The second-order valence-corrected chi connectivity index (χ2v) is 4.88. The van der Waals surface area contributed by atoms with Crippen LogP contribution in [0.3, 0.4) is 0 Å². The highest BCUT2D eigenvalue weighted by atomic mass is 35.5. The van der Waals surface area contributed by atoms with Crippen LogP contribution in [0, 0.1) is 0 Å². The first-order valence-electron chi connectivity index (χ1n) is 5.78. The molecule has 0 unspecified atom stereocenters. The highest BCUT2D eigenvalue weighted by Crippen LogP contribution is 2.11. The first-order chi connectivity index (χ1) is 9.54. The average Bonchev–Trinajstić information content (AvgIpc) is 2.42. The molecule has 110 valence electrons. The SMILES string of the molecule is Cl.Nc1ccc(NC(=S)NC(=O)c2ccc(Cl)cc2)cc1. The number of thiocarbonyl (C=S) groups is 1. The van der Waals surface area contributed by atoms with Crippen molar-refractivity contribution < 1.29 is 4.79 Å². The Bertz CT molecular complexity index is 630. The van der Waals surface area contributed by atoms with Gasteiger partial charge in [0.05, 0.1) is 0 Å². The molecule has 4 nitrogen and oxygen atoms in total. The van der Waals surface area contributed by atoms with Crippen LogP contribution in [0.1, 0.15) is 10.4 Å². The average molecular weight is 342 g/mol. The van der Waals surface area contributed by atoms with E-state index in [4.69, 9.17) is 29.6 Å². The van der Waals surface area contributed by atoms with Crippen LogP contribution in [0.4, 0.5) is 11.4 Å². The minimum absolute atomic E-state index is 0. The molecule has 0 aliphatic rings. The molecule has 0 aromatic heterocycles. The van der Waals surface area contributed by atoms with E-state index in [0.29, 0.717) is 16.3 Å². The predicted octanol–water partition coefficient (Wildman–Crippen LogP) is 3.47. The highest BCUT2D eigenvalue weighted by molar-refractivity contribution is 7.80. The van der Waals surface area contributed by atoms with Crippen LogP contribution in [0.5, 0.6) is 0 Å². The Kier molecular flexibility index (Phi) is 6.42. The Hall–Kier alpha value is -1.82. The van der Waals surface area contributed by atoms with Crippen LogP contribution in [0.25, 0.3) is 0 Å². The Morgan fingerprint density at radius 3 is 2.19 bits per heavy atom. The number of nitrogens with two attached hydrogens (primary N) is 1. The van der Waals surface area contributed by atoms with Crippen LogP contribution in [-0.4, -0.2) is 11.0 Å². The van der Waals surface area contributed by atoms with Gasteiger partial charge in [0.15, 0.2) is 5.11 Å². The van der Waals surface area contributed by atoms with Gasteiger partial charge in [0.2, 0.25) is 0 Å². The predicted molar refractivity (Wildman–Crippen MR) is 93.2 cm³/mol. The standard InChI is InChI=1S/C14H12ClN3OS.ClH/c15-10-3-1-9(2-4-10)13(19)18-14(20)17-12-7-5-11(16)6-8-12;/h1-8H,16H2,(H2,17,18,19,20);1H. The van der Waals surface area contributed by atoms with Gasteiger partial charge in [0.25, 0.3) is 5.91 Å². The summed E-state index contributed by atoms with van der Waals surface area (Å²) in [5.41, 5.74) is 7.48. The number of halogens is 2. The van der Waals surface area contributed by atoms with E-state index in [1.165, 1.54) is 0 Å². The number of benzene rings is 2. The van der Waals surface area contributed by atoms with Crippen molar-refractivity contribution >= 4 is 58.6 Å². The number of nitrogens with one attached hydrogen (secondary N) is 2. The Morgan fingerprint density at radius 1 is 1.05 bits per heavy atom. The van der Waals surface area contributed by atoms with Crippen LogP contribution in [0.2, 0.25) is 5.02 Å². The molecule has 0 heterocycles. The van der Waals surface area contributed by atoms with Crippen molar-refractivity contribution in [1.29, 1.82) is 0 Å². The van der Waals surface area contributed by atoms with Gasteiger partial charge in [-0.2, -0.15) is 0 Å². The lowest BCUT2D eigenvalue weighted by Crippen LogP contribution is -2.34. The van der Waals surface area contributed by atoms with Crippen molar-refractivity contribution in [3.8, 4) is 0 Å². The van der Waals surface area contributed by atoms with E-state index < -0.39 is 0 Å². The van der Waals surface area contributed by atoms with Gasteiger partial charge in [-0.15, -0.1) is 12.4 Å². The van der Waals surface area contributed by atoms with Gasteiger partial charge in [-0.05, 0) is 60.7 Å². The summed E-state index contributed by atoms with van der Waals surface area (Å²) in [6.07, 6.45) is 0. The second-order valence-electron chi connectivity index (χ2n) is 4.04. The Morgan fingerprint density at radius 2 is 1.62 bits per heavy atom. The van der Waals surface area contributed by atoms with Crippen LogP contribution < -0.4 is 16.4 Å². The fourth-order valence-electron chi connectivity index (χ4n) is 1.51. The molecular formula is C14H13Cl2N3OS. The lowest BCUT2D eigenvalue weighted by atomic mass is 10.2. The normalized spacial score (nSPS) is 9.38. The summed E-state index contributed by atoms with van der Waals surface area (Å²) >= 11 is 10.8. The second kappa shape index (κ2) is 7.83. The Labute approximate surface area is 139 Å². The number of hydrogen-bond donors (Lipinski definition) is 3. The van der Waals surface area contributed by atoms with Crippen LogP contribution >= 0.6 is 36.2 Å². The van der Waals surface area contributed by atoms with E-state index in [-0.39, 0.29) is 23.4 Å². The molecule has 2 rings (SSSR count). The topological polar surface area (TPSA) is 67.2 Å². The quantitative estimate of drug-likeness (QED) is 0.577. The van der Waals surface area contributed by atoms with Gasteiger partial charge in [-0.1, -0.05) is 11.6 Å². The molecule has 1 amide bonds. The maximum absolute atomic E-state index is 11.9. The summed E-state index contributed by atoms with van der Waals surface area (Å²) in [6.45, 7) is 0. The Balaban J connectivity index is 0.00000220. The van der Waals surface area contributed by atoms with Gasteiger partial charge in [0.1, 0.15) is 0 Å².